The Morgan fingerprint density at radius 2 is 1.93 bits per heavy atom. The molecule has 0 aromatic heterocycles. The van der Waals surface area contributed by atoms with Gasteiger partial charge in [-0.3, -0.25) is 4.57 Å². The number of hydrogen-bond acceptors (Lipinski definition) is 4. The molecule has 0 aromatic carbocycles. The molecule has 0 unspecified atom stereocenters. The summed E-state index contributed by atoms with van der Waals surface area (Å²) >= 11 is 0. The Hall–Kier alpha value is -0.150. The van der Waals surface area contributed by atoms with E-state index in [0.717, 1.165) is 0 Å². The molecule has 0 amide bonds. The average Bonchev–Trinajstić information content (AvgIpc) is 2.13. The second-order valence-electron chi connectivity index (χ2n) is 2.66. The van der Waals surface area contributed by atoms with Gasteiger partial charge in [0.25, 0.3) is 0 Å². The first-order chi connectivity index (χ1) is 6.68. The van der Waals surface area contributed by atoms with Gasteiger partial charge in [-0.15, -0.1) is 6.58 Å². The van der Waals surface area contributed by atoms with E-state index in [2.05, 4.69) is 11.9 Å². The van der Waals surface area contributed by atoms with Crippen molar-refractivity contribution in [2.75, 3.05) is 32.5 Å². The van der Waals surface area contributed by atoms with E-state index in [4.69, 9.17) is 9.05 Å². The third kappa shape index (κ3) is 6.33. The summed E-state index contributed by atoms with van der Waals surface area (Å²) < 4.78 is 22.1. The van der Waals surface area contributed by atoms with Crippen LogP contribution in [0.4, 0.5) is 0 Å². The van der Waals surface area contributed by atoms with Crippen LogP contribution in [0.25, 0.3) is 0 Å². The topological polar surface area (TPSA) is 47.6 Å². The first kappa shape index (κ1) is 13.8. The fraction of sp³-hybridized carbons (Fsp3) is 0.778. The molecule has 5 heteroatoms. The molecule has 0 aliphatic heterocycles. The van der Waals surface area contributed by atoms with Crippen LogP contribution in [-0.4, -0.2) is 32.5 Å². The Balaban J connectivity index is 3.83. The molecule has 0 fully saturated rings. The second-order valence-corrected chi connectivity index (χ2v) is 4.85. The molecule has 0 atom stereocenters. The zero-order chi connectivity index (χ0) is 10.9. The molecule has 0 rings (SSSR count). The quantitative estimate of drug-likeness (QED) is 0.367. The fourth-order valence-corrected chi connectivity index (χ4v) is 2.53. The minimum atomic E-state index is -2.86. The van der Waals surface area contributed by atoms with E-state index < -0.39 is 7.60 Å². The van der Waals surface area contributed by atoms with Crippen LogP contribution in [0.3, 0.4) is 0 Å². The summed E-state index contributed by atoms with van der Waals surface area (Å²) in [5.41, 5.74) is 0. The number of rotatable bonds is 9. The lowest BCUT2D eigenvalue weighted by atomic mass is 10.6. The molecule has 0 spiro atoms. The monoisotopic (exact) mass is 221 g/mol. The van der Waals surface area contributed by atoms with Crippen molar-refractivity contribution in [3.63, 3.8) is 0 Å². The first-order valence-corrected chi connectivity index (χ1v) is 6.61. The van der Waals surface area contributed by atoms with Crippen molar-refractivity contribution in [2.24, 2.45) is 0 Å². The van der Waals surface area contributed by atoms with Crippen LogP contribution in [-0.2, 0) is 13.6 Å². The maximum Gasteiger partial charge on any atom is 0.331 e. The van der Waals surface area contributed by atoms with Crippen molar-refractivity contribution >= 4 is 7.60 Å². The minimum Gasteiger partial charge on any atom is -0.313 e. The SMILES string of the molecule is C=CCNCCP(=O)(OCC)OCC. The molecule has 0 bridgehead atoms. The van der Waals surface area contributed by atoms with Gasteiger partial charge >= 0.3 is 7.60 Å². The molecule has 0 saturated heterocycles. The largest absolute Gasteiger partial charge is 0.331 e. The normalized spacial score (nSPS) is 11.6. The van der Waals surface area contributed by atoms with Gasteiger partial charge in [0.15, 0.2) is 0 Å². The van der Waals surface area contributed by atoms with Crippen molar-refractivity contribution in [1.82, 2.24) is 5.32 Å². The summed E-state index contributed by atoms with van der Waals surface area (Å²) in [6.45, 7) is 9.34. The lowest BCUT2D eigenvalue weighted by Gasteiger charge is -2.16. The highest BCUT2D eigenvalue weighted by Crippen LogP contribution is 2.47. The molecule has 0 saturated carbocycles. The Morgan fingerprint density at radius 1 is 1.36 bits per heavy atom. The van der Waals surface area contributed by atoms with Crippen LogP contribution in [0, 0.1) is 0 Å². The van der Waals surface area contributed by atoms with Gasteiger partial charge in [-0.2, -0.15) is 0 Å². The molecular weight excluding hydrogens is 201 g/mol. The molecule has 84 valence electrons. The Kier molecular flexibility index (Phi) is 8.09. The van der Waals surface area contributed by atoms with E-state index in [1.54, 1.807) is 6.08 Å². The van der Waals surface area contributed by atoms with Crippen LogP contribution in [0.5, 0.6) is 0 Å². The van der Waals surface area contributed by atoms with Gasteiger partial charge in [0, 0.05) is 13.1 Å². The van der Waals surface area contributed by atoms with Gasteiger partial charge in [0.1, 0.15) is 0 Å². The highest BCUT2D eigenvalue weighted by molar-refractivity contribution is 7.53. The molecule has 0 aromatic rings. The Morgan fingerprint density at radius 3 is 2.36 bits per heavy atom. The van der Waals surface area contributed by atoms with Gasteiger partial charge in [-0.1, -0.05) is 6.08 Å². The van der Waals surface area contributed by atoms with Crippen molar-refractivity contribution in [1.29, 1.82) is 0 Å². The third-order valence-electron chi connectivity index (χ3n) is 1.50. The van der Waals surface area contributed by atoms with Crippen molar-refractivity contribution in [3.8, 4) is 0 Å². The van der Waals surface area contributed by atoms with E-state index in [9.17, 15) is 4.57 Å². The standard InChI is InChI=1S/C9H20NO3P/c1-4-7-10-8-9-14(11,12-5-2)13-6-3/h4,10H,1,5-9H2,2-3H3. The molecule has 0 aliphatic rings. The van der Waals surface area contributed by atoms with E-state index in [0.29, 0.717) is 32.5 Å². The number of nitrogens with one attached hydrogen (secondary N) is 1. The molecule has 4 nitrogen and oxygen atoms in total. The summed E-state index contributed by atoms with van der Waals surface area (Å²) in [7, 11) is -2.86. The van der Waals surface area contributed by atoms with E-state index in [-0.39, 0.29) is 0 Å². The molecule has 0 heterocycles. The van der Waals surface area contributed by atoms with Crippen LogP contribution >= 0.6 is 7.60 Å². The van der Waals surface area contributed by atoms with E-state index in [1.165, 1.54) is 0 Å². The first-order valence-electron chi connectivity index (χ1n) is 4.88. The molecule has 0 aliphatic carbocycles. The van der Waals surface area contributed by atoms with Crippen LogP contribution in [0.2, 0.25) is 0 Å². The maximum absolute atomic E-state index is 11.9. The van der Waals surface area contributed by atoms with Crippen molar-refractivity contribution in [2.45, 2.75) is 13.8 Å². The summed E-state index contributed by atoms with van der Waals surface area (Å²) in [4.78, 5) is 0. The van der Waals surface area contributed by atoms with Crippen molar-refractivity contribution < 1.29 is 13.6 Å². The lowest BCUT2D eigenvalue weighted by Crippen LogP contribution is -2.19. The Bertz CT molecular complexity index is 186. The highest BCUT2D eigenvalue weighted by Gasteiger charge is 2.22. The molecular formula is C9H20NO3P. The van der Waals surface area contributed by atoms with Gasteiger partial charge < -0.3 is 14.4 Å². The second kappa shape index (κ2) is 8.18. The van der Waals surface area contributed by atoms with Gasteiger partial charge in [-0.05, 0) is 13.8 Å². The van der Waals surface area contributed by atoms with E-state index >= 15 is 0 Å². The zero-order valence-corrected chi connectivity index (χ0v) is 9.89. The predicted octanol–water partition coefficient (Wildman–Crippen LogP) is 2.03. The number of hydrogen-bond donors (Lipinski definition) is 1. The van der Waals surface area contributed by atoms with Crippen molar-refractivity contribution in [3.05, 3.63) is 12.7 Å². The predicted molar refractivity (Wildman–Crippen MR) is 58.8 cm³/mol. The molecule has 14 heavy (non-hydrogen) atoms. The fourth-order valence-electron chi connectivity index (χ4n) is 0.980. The van der Waals surface area contributed by atoms with Crippen LogP contribution in [0.15, 0.2) is 12.7 Å². The van der Waals surface area contributed by atoms with Gasteiger partial charge in [0.2, 0.25) is 0 Å². The average molecular weight is 221 g/mol. The summed E-state index contributed by atoms with van der Waals surface area (Å²) in [6, 6.07) is 0. The maximum atomic E-state index is 11.9. The zero-order valence-electron chi connectivity index (χ0n) is 8.99. The highest BCUT2D eigenvalue weighted by atomic mass is 31.2. The van der Waals surface area contributed by atoms with Gasteiger partial charge in [0.05, 0.1) is 19.4 Å². The smallest absolute Gasteiger partial charge is 0.313 e. The molecule has 1 N–H and O–H groups in total. The summed E-state index contributed by atoms with van der Waals surface area (Å²) in [6.07, 6.45) is 2.16. The third-order valence-corrected chi connectivity index (χ3v) is 3.58. The Labute approximate surface area is 86.2 Å². The minimum absolute atomic E-state index is 0.405. The summed E-state index contributed by atoms with van der Waals surface area (Å²) in [5, 5.41) is 3.06. The van der Waals surface area contributed by atoms with Crippen LogP contribution in [0.1, 0.15) is 13.8 Å². The van der Waals surface area contributed by atoms with Crippen LogP contribution < -0.4 is 5.32 Å². The summed E-state index contributed by atoms with van der Waals surface area (Å²) in [5.74, 6) is 0. The lowest BCUT2D eigenvalue weighted by molar-refractivity contribution is 0.220. The molecule has 0 radical (unpaired) electrons. The van der Waals surface area contributed by atoms with E-state index in [1.807, 2.05) is 13.8 Å². The van der Waals surface area contributed by atoms with Gasteiger partial charge in [-0.25, -0.2) is 0 Å².